The Labute approximate surface area is 223 Å². The maximum atomic E-state index is 13.6. The predicted octanol–water partition coefficient (Wildman–Crippen LogP) is 6.70. The van der Waals surface area contributed by atoms with E-state index in [9.17, 15) is 4.79 Å². The Morgan fingerprint density at radius 3 is 2.73 bits per heavy atom. The SMILES string of the molecule is CC[C@H](C)Oc1cc(N(C)C)ccc1C=Nn1c(-c2cc3cc(Br)ccc3o2)nc2ccccc2c1=O. The quantitative estimate of drug-likeness (QED) is 0.208. The van der Waals surface area contributed by atoms with Gasteiger partial charge < -0.3 is 14.1 Å². The van der Waals surface area contributed by atoms with Gasteiger partial charge in [-0.15, -0.1) is 0 Å². The van der Waals surface area contributed by atoms with Gasteiger partial charge in [-0.3, -0.25) is 4.79 Å². The highest BCUT2D eigenvalue weighted by atomic mass is 79.9. The van der Waals surface area contributed by atoms with E-state index in [1.54, 1.807) is 12.3 Å². The fraction of sp³-hybridized carbons (Fsp3) is 0.207. The molecule has 1 atom stereocenters. The lowest BCUT2D eigenvalue weighted by Crippen LogP contribution is -2.20. The number of hydrogen-bond acceptors (Lipinski definition) is 6. The number of aromatic nitrogens is 2. The van der Waals surface area contributed by atoms with Crippen molar-refractivity contribution in [3.63, 3.8) is 0 Å². The molecule has 0 unspecified atom stereocenters. The van der Waals surface area contributed by atoms with Gasteiger partial charge in [0.25, 0.3) is 5.56 Å². The van der Waals surface area contributed by atoms with Crippen molar-refractivity contribution < 1.29 is 9.15 Å². The van der Waals surface area contributed by atoms with Gasteiger partial charge in [-0.2, -0.15) is 9.78 Å². The van der Waals surface area contributed by atoms with Crippen LogP contribution in [0.5, 0.6) is 5.75 Å². The Kier molecular flexibility index (Phi) is 6.84. The number of para-hydroxylation sites is 1. The lowest BCUT2D eigenvalue weighted by Gasteiger charge is -2.18. The molecule has 0 amide bonds. The summed E-state index contributed by atoms with van der Waals surface area (Å²) in [5.41, 5.74) is 2.75. The van der Waals surface area contributed by atoms with Crippen LogP contribution in [0, 0.1) is 0 Å². The average Bonchev–Trinajstić information content (AvgIpc) is 3.31. The molecule has 0 saturated heterocycles. The Morgan fingerprint density at radius 1 is 1.14 bits per heavy atom. The first-order valence-corrected chi connectivity index (χ1v) is 12.9. The van der Waals surface area contributed by atoms with Crippen molar-refractivity contribution in [3.8, 4) is 17.3 Å². The number of ether oxygens (including phenoxy) is 1. The summed E-state index contributed by atoms with van der Waals surface area (Å²) < 4.78 is 14.5. The summed E-state index contributed by atoms with van der Waals surface area (Å²) in [4.78, 5) is 20.4. The van der Waals surface area contributed by atoms with Crippen molar-refractivity contribution in [1.29, 1.82) is 0 Å². The zero-order chi connectivity index (χ0) is 26.1. The second-order valence-corrected chi connectivity index (χ2v) is 9.98. The molecule has 5 rings (SSSR count). The van der Waals surface area contributed by atoms with Crippen molar-refractivity contribution in [2.75, 3.05) is 19.0 Å². The first kappa shape index (κ1) is 24.8. The molecule has 0 aliphatic heterocycles. The lowest BCUT2D eigenvalue weighted by atomic mass is 10.2. The number of rotatable bonds is 7. The number of furan rings is 1. The van der Waals surface area contributed by atoms with E-state index in [1.165, 1.54) is 4.68 Å². The van der Waals surface area contributed by atoms with Gasteiger partial charge in [0.15, 0.2) is 5.76 Å². The van der Waals surface area contributed by atoms with E-state index in [4.69, 9.17) is 14.1 Å². The minimum Gasteiger partial charge on any atom is -0.490 e. The average molecular weight is 559 g/mol. The van der Waals surface area contributed by atoms with E-state index in [2.05, 4.69) is 28.0 Å². The molecule has 2 heterocycles. The topological polar surface area (TPSA) is 72.9 Å². The number of nitrogens with zero attached hydrogens (tertiary/aromatic N) is 4. The first-order valence-electron chi connectivity index (χ1n) is 12.1. The Morgan fingerprint density at radius 2 is 1.95 bits per heavy atom. The van der Waals surface area contributed by atoms with Crippen molar-refractivity contribution >= 4 is 49.7 Å². The fourth-order valence-electron chi connectivity index (χ4n) is 3.94. The van der Waals surface area contributed by atoms with Crippen LogP contribution in [0.3, 0.4) is 0 Å². The van der Waals surface area contributed by atoms with E-state index < -0.39 is 0 Å². The molecule has 0 N–H and O–H groups in total. The number of fused-ring (bicyclic) bond motifs is 2. The molecule has 8 heteroatoms. The molecule has 0 spiro atoms. The van der Waals surface area contributed by atoms with Crippen LogP contribution in [0.15, 0.2) is 85.5 Å². The number of benzene rings is 3. The van der Waals surface area contributed by atoms with Crippen LogP contribution >= 0.6 is 15.9 Å². The van der Waals surface area contributed by atoms with E-state index in [0.717, 1.165) is 27.5 Å². The number of anilines is 1. The summed E-state index contributed by atoms with van der Waals surface area (Å²) in [7, 11) is 3.96. The fourth-order valence-corrected chi connectivity index (χ4v) is 4.32. The van der Waals surface area contributed by atoms with Crippen LogP contribution in [-0.2, 0) is 0 Å². The van der Waals surface area contributed by atoms with Gasteiger partial charge in [0.2, 0.25) is 5.82 Å². The molecular formula is C29H27BrN4O3. The zero-order valence-electron chi connectivity index (χ0n) is 21.1. The summed E-state index contributed by atoms with van der Waals surface area (Å²) in [5.74, 6) is 1.47. The summed E-state index contributed by atoms with van der Waals surface area (Å²) in [6, 6.07) is 20.7. The van der Waals surface area contributed by atoms with E-state index >= 15 is 0 Å². The van der Waals surface area contributed by atoms with Crippen molar-refractivity contribution in [3.05, 3.63) is 87.1 Å². The molecule has 0 fully saturated rings. The third-order valence-electron chi connectivity index (χ3n) is 6.18. The molecule has 0 aliphatic carbocycles. The Bertz CT molecular complexity index is 1690. The highest BCUT2D eigenvalue weighted by molar-refractivity contribution is 9.10. The lowest BCUT2D eigenvalue weighted by molar-refractivity contribution is 0.217. The molecule has 5 aromatic rings. The molecule has 7 nitrogen and oxygen atoms in total. The largest absolute Gasteiger partial charge is 0.490 e. The van der Waals surface area contributed by atoms with Gasteiger partial charge in [-0.05, 0) is 61.9 Å². The highest BCUT2D eigenvalue weighted by Crippen LogP contribution is 2.30. The molecular weight excluding hydrogens is 532 g/mol. The van der Waals surface area contributed by atoms with Gasteiger partial charge >= 0.3 is 0 Å². The Balaban J connectivity index is 1.67. The maximum absolute atomic E-state index is 13.6. The van der Waals surface area contributed by atoms with Gasteiger partial charge in [0.1, 0.15) is 11.3 Å². The van der Waals surface area contributed by atoms with Crippen LogP contribution in [-0.4, -0.2) is 36.1 Å². The summed E-state index contributed by atoms with van der Waals surface area (Å²) >= 11 is 3.50. The van der Waals surface area contributed by atoms with Crippen LogP contribution < -0.4 is 15.2 Å². The van der Waals surface area contributed by atoms with E-state index in [-0.39, 0.29) is 11.7 Å². The van der Waals surface area contributed by atoms with Gasteiger partial charge in [0, 0.05) is 41.3 Å². The standard InChI is InChI=1S/C29H27BrN4O3/c1-5-18(2)36-26-16-22(33(3)4)12-10-19(26)17-31-34-28(32-24-9-7-6-8-23(24)29(34)35)27-15-20-14-21(30)11-13-25(20)37-27/h6-18H,5H2,1-4H3/t18-/m0/s1. The van der Waals surface area contributed by atoms with Gasteiger partial charge in [-0.25, -0.2) is 4.98 Å². The van der Waals surface area contributed by atoms with Crippen LogP contribution in [0.4, 0.5) is 5.69 Å². The first-order chi connectivity index (χ1) is 17.8. The van der Waals surface area contributed by atoms with Crippen LogP contribution in [0.1, 0.15) is 25.8 Å². The van der Waals surface area contributed by atoms with Crippen molar-refractivity contribution in [2.24, 2.45) is 5.10 Å². The van der Waals surface area contributed by atoms with E-state index in [1.807, 2.05) is 86.6 Å². The van der Waals surface area contributed by atoms with Crippen LogP contribution in [0.25, 0.3) is 33.5 Å². The summed E-state index contributed by atoms with van der Waals surface area (Å²) in [5, 5.41) is 5.98. The second kappa shape index (κ2) is 10.2. The summed E-state index contributed by atoms with van der Waals surface area (Å²) in [6.45, 7) is 4.10. The molecule has 2 aromatic heterocycles. The number of hydrogen-bond donors (Lipinski definition) is 0. The molecule has 0 aliphatic rings. The minimum absolute atomic E-state index is 0.0278. The molecule has 188 valence electrons. The monoisotopic (exact) mass is 558 g/mol. The maximum Gasteiger partial charge on any atom is 0.282 e. The predicted molar refractivity (Wildman–Crippen MR) is 153 cm³/mol. The Hall–Kier alpha value is -3.91. The van der Waals surface area contributed by atoms with Crippen LogP contribution in [0.2, 0.25) is 0 Å². The second-order valence-electron chi connectivity index (χ2n) is 9.06. The normalized spacial score (nSPS) is 12.5. The van der Waals surface area contributed by atoms with Crippen molar-refractivity contribution in [1.82, 2.24) is 9.66 Å². The third-order valence-corrected chi connectivity index (χ3v) is 6.67. The zero-order valence-corrected chi connectivity index (χ0v) is 22.7. The molecule has 3 aromatic carbocycles. The number of halogens is 1. The molecule has 37 heavy (non-hydrogen) atoms. The van der Waals surface area contributed by atoms with Gasteiger partial charge in [0.05, 0.1) is 23.2 Å². The van der Waals surface area contributed by atoms with Gasteiger partial charge in [-0.1, -0.05) is 35.0 Å². The third kappa shape index (κ3) is 5.02. The molecule has 0 radical (unpaired) electrons. The molecule has 0 bridgehead atoms. The molecule has 0 saturated carbocycles. The highest BCUT2D eigenvalue weighted by Gasteiger charge is 2.17. The van der Waals surface area contributed by atoms with Crippen molar-refractivity contribution in [2.45, 2.75) is 26.4 Å². The summed E-state index contributed by atoms with van der Waals surface area (Å²) in [6.07, 6.45) is 2.53. The minimum atomic E-state index is -0.284. The smallest absolute Gasteiger partial charge is 0.282 e. The van der Waals surface area contributed by atoms with E-state index in [0.29, 0.717) is 33.8 Å².